The molecule has 234 valence electrons. The third-order valence-electron chi connectivity index (χ3n) is 3.77. The largest absolute Gasteiger partial charge is 0.481 e. The highest BCUT2D eigenvalue weighted by Gasteiger charge is 2.21. The molecule has 0 aliphatic heterocycles. The van der Waals surface area contributed by atoms with Crippen LogP contribution in [0.15, 0.2) is 0 Å². The fourth-order valence-electron chi connectivity index (χ4n) is 2.28. The van der Waals surface area contributed by atoms with Gasteiger partial charge in [-0.05, 0) is 32.7 Å². The number of carboxylic acids is 1. The monoisotopic (exact) mass is 566 g/mol. The summed E-state index contributed by atoms with van der Waals surface area (Å²) in [5.74, 6) is -2.72. The number of hydrogen-bond donors (Lipinski definition) is 6. The minimum atomic E-state index is -0.991. The van der Waals surface area contributed by atoms with Gasteiger partial charge in [-0.15, -0.1) is 0 Å². The molecule has 0 aliphatic rings. The van der Waals surface area contributed by atoms with Gasteiger partial charge in [-0.3, -0.25) is 28.8 Å². The SMILES string of the molecule is CC.CC.CC.CC.CCNC(=O)C(CCC(=O)O)NC(C)=O.CN(C=O)C(CCCN)C(=O)NCC(N)=O. The van der Waals surface area contributed by atoms with Crippen molar-refractivity contribution in [2.75, 3.05) is 26.7 Å². The van der Waals surface area contributed by atoms with Gasteiger partial charge in [0.1, 0.15) is 12.1 Å². The number of rotatable bonds is 14. The Hall–Kier alpha value is -3.22. The molecule has 0 heterocycles. The van der Waals surface area contributed by atoms with E-state index in [-0.39, 0.29) is 31.2 Å². The summed E-state index contributed by atoms with van der Waals surface area (Å²) >= 11 is 0. The van der Waals surface area contributed by atoms with Crippen LogP contribution in [-0.4, -0.2) is 84.8 Å². The van der Waals surface area contributed by atoms with Gasteiger partial charge >= 0.3 is 5.97 Å². The number of carboxylic acid groups (broad SMARTS) is 1. The van der Waals surface area contributed by atoms with E-state index in [0.29, 0.717) is 32.3 Å². The van der Waals surface area contributed by atoms with Crippen LogP contribution in [0.1, 0.15) is 94.9 Å². The molecule has 0 aromatic carbocycles. The van der Waals surface area contributed by atoms with Crippen molar-refractivity contribution in [1.29, 1.82) is 0 Å². The number of amides is 5. The van der Waals surface area contributed by atoms with E-state index >= 15 is 0 Å². The number of primary amides is 1. The molecule has 0 saturated heterocycles. The predicted octanol–water partition coefficient (Wildman–Crippen LogP) is 1.38. The molecule has 2 unspecified atom stereocenters. The van der Waals surface area contributed by atoms with E-state index in [2.05, 4.69) is 16.0 Å². The van der Waals surface area contributed by atoms with Crippen LogP contribution in [0.5, 0.6) is 0 Å². The first-order valence-corrected chi connectivity index (χ1v) is 13.7. The van der Waals surface area contributed by atoms with Crippen LogP contribution < -0.4 is 27.4 Å². The number of carbonyl (C=O) groups is 6. The average Bonchev–Trinajstić information content (AvgIpc) is 2.94. The minimum Gasteiger partial charge on any atom is -0.481 e. The zero-order chi connectivity index (χ0) is 32.4. The lowest BCUT2D eigenvalue weighted by Crippen LogP contribution is -2.47. The van der Waals surface area contributed by atoms with E-state index in [1.54, 1.807) is 6.92 Å². The Bertz CT molecular complexity index is 620. The van der Waals surface area contributed by atoms with Gasteiger partial charge in [0.25, 0.3) is 0 Å². The average molecular weight is 567 g/mol. The highest BCUT2D eigenvalue weighted by Crippen LogP contribution is 2.03. The highest BCUT2D eigenvalue weighted by molar-refractivity contribution is 5.88. The fourth-order valence-corrected chi connectivity index (χ4v) is 2.28. The first kappa shape index (κ1) is 48.8. The number of likely N-dealkylation sites (N-methyl/N-ethyl adjacent to an activating group) is 2. The minimum absolute atomic E-state index is 0.0980. The summed E-state index contributed by atoms with van der Waals surface area (Å²) in [6.07, 6.45) is 1.58. The Balaban J connectivity index is -0.000000111. The Morgan fingerprint density at radius 3 is 1.72 bits per heavy atom. The Kier molecular flexibility index (Phi) is 49.2. The van der Waals surface area contributed by atoms with Crippen molar-refractivity contribution >= 4 is 36.0 Å². The summed E-state index contributed by atoms with van der Waals surface area (Å²) in [4.78, 5) is 66.4. The molecule has 13 nitrogen and oxygen atoms in total. The standard InChI is InChI=1S/C9H18N4O3.C9H16N2O4.4C2H6/c1-13(6-14)7(3-2-4-10)9(16)12-5-8(11)15;1-3-10-9(15)7(11-6(2)12)4-5-8(13)14;4*1-2/h6-7H,2-5,10H2,1H3,(H2,11,15)(H,12,16);7H,3-5H2,1-2H3,(H,10,15)(H,11,12)(H,13,14);4*1-2H3. The molecule has 0 saturated carbocycles. The predicted molar refractivity (Wildman–Crippen MR) is 157 cm³/mol. The molecular formula is C26H58N6O7. The maximum absolute atomic E-state index is 11.6. The van der Waals surface area contributed by atoms with Crippen molar-refractivity contribution in [2.45, 2.75) is 107 Å². The summed E-state index contributed by atoms with van der Waals surface area (Å²) in [6, 6.07) is -1.38. The van der Waals surface area contributed by atoms with Crippen molar-refractivity contribution in [2.24, 2.45) is 11.5 Å². The second kappa shape index (κ2) is 39.3. The van der Waals surface area contributed by atoms with E-state index in [0.717, 1.165) is 0 Å². The maximum atomic E-state index is 11.6. The molecule has 0 aromatic heterocycles. The number of nitrogens with zero attached hydrogens (tertiary/aromatic N) is 1. The van der Waals surface area contributed by atoms with Gasteiger partial charge in [0.05, 0.1) is 6.54 Å². The van der Waals surface area contributed by atoms with Crippen molar-refractivity contribution in [3.8, 4) is 0 Å². The van der Waals surface area contributed by atoms with Gasteiger partial charge in [-0.25, -0.2) is 0 Å². The first-order valence-electron chi connectivity index (χ1n) is 13.7. The number of carbonyl (C=O) groups excluding carboxylic acids is 5. The third kappa shape index (κ3) is 37.0. The second-order valence-corrected chi connectivity index (χ2v) is 6.48. The van der Waals surface area contributed by atoms with Crippen LogP contribution >= 0.6 is 0 Å². The lowest BCUT2D eigenvalue weighted by molar-refractivity contribution is -0.138. The van der Waals surface area contributed by atoms with Gasteiger partial charge in [-0.1, -0.05) is 55.4 Å². The van der Waals surface area contributed by atoms with Crippen molar-refractivity contribution < 1.29 is 33.9 Å². The first-order chi connectivity index (χ1) is 18.5. The lowest BCUT2D eigenvalue weighted by atomic mass is 10.1. The molecule has 39 heavy (non-hydrogen) atoms. The zero-order valence-electron chi connectivity index (χ0n) is 26.2. The van der Waals surface area contributed by atoms with E-state index in [9.17, 15) is 28.8 Å². The Morgan fingerprint density at radius 1 is 0.897 bits per heavy atom. The molecule has 0 radical (unpaired) electrons. The smallest absolute Gasteiger partial charge is 0.303 e. The summed E-state index contributed by atoms with van der Waals surface area (Å²) in [5.41, 5.74) is 10.2. The molecule has 8 N–H and O–H groups in total. The molecule has 0 aliphatic carbocycles. The van der Waals surface area contributed by atoms with E-state index < -0.39 is 29.9 Å². The van der Waals surface area contributed by atoms with Crippen molar-refractivity contribution in [1.82, 2.24) is 20.9 Å². The number of nitrogens with one attached hydrogen (secondary N) is 3. The summed E-state index contributed by atoms with van der Waals surface area (Å²) < 4.78 is 0. The van der Waals surface area contributed by atoms with E-state index in [1.165, 1.54) is 18.9 Å². The summed E-state index contributed by atoms with van der Waals surface area (Å²) in [5, 5.41) is 15.7. The Morgan fingerprint density at radius 2 is 1.38 bits per heavy atom. The van der Waals surface area contributed by atoms with Crippen molar-refractivity contribution in [3.05, 3.63) is 0 Å². The summed E-state index contributed by atoms with van der Waals surface area (Å²) in [6.45, 7) is 19.7. The zero-order valence-corrected chi connectivity index (χ0v) is 26.2. The van der Waals surface area contributed by atoms with Crippen LogP contribution in [0.4, 0.5) is 0 Å². The lowest BCUT2D eigenvalue weighted by Gasteiger charge is -2.23. The van der Waals surface area contributed by atoms with Crippen LogP contribution in [-0.2, 0) is 28.8 Å². The number of aliphatic carboxylic acids is 1. The Labute approximate surface area is 236 Å². The highest BCUT2D eigenvalue weighted by atomic mass is 16.4. The molecule has 0 aromatic rings. The molecule has 5 amide bonds. The van der Waals surface area contributed by atoms with E-state index in [1.807, 2.05) is 55.4 Å². The van der Waals surface area contributed by atoms with Crippen LogP contribution in [0.3, 0.4) is 0 Å². The molecule has 0 bridgehead atoms. The van der Waals surface area contributed by atoms with Crippen LogP contribution in [0.25, 0.3) is 0 Å². The molecule has 13 heteroatoms. The molecule has 0 spiro atoms. The normalized spacial score (nSPS) is 9.85. The molecular weight excluding hydrogens is 508 g/mol. The third-order valence-corrected chi connectivity index (χ3v) is 3.77. The summed E-state index contributed by atoms with van der Waals surface area (Å²) in [7, 11) is 1.50. The van der Waals surface area contributed by atoms with E-state index in [4.69, 9.17) is 16.6 Å². The molecule has 2 atom stereocenters. The van der Waals surface area contributed by atoms with Gasteiger partial charge in [0.15, 0.2) is 0 Å². The van der Waals surface area contributed by atoms with Crippen LogP contribution in [0, 0.1) is 0 Å². The van der Waals surface area contributed by atoms with Gasteiger partial charge < -0.3 is 37.4 Å². The van der Waals surface area contributed by atoms with Gasteiger partial charge in [0, 0.05) is 26.9 Å². The topological polar surface area (TPSA) is 214 Å². The van der Waals surface area contributed by atoms with Gasteiger partial charge in [-0.2, -0.15) is 0 Å². The van der Waals surface area contributed by atoms with Crippen LogP contribution in [0.2, 0.25) is 0 Å². The quantitative estimate of drug-likeness (QED) is 0.168. The molecule has 0 fully saturated rings. The molecule has 0 rings (SSSR count). The second-order valence-electron chi connectivity index (χ2n) is 6.48. The fraction of sp³-hybridized carbons (Fsp3) is 0.769. The number of hydrogen-bond acceptors (Lipinski definition) is 7. The number of nitrogens with two attached hydrogens (primary N) is 2. The van der Waals surface area contributed by atoms with Crippen molar-refractivity contribution in [3.63, 3.8) is 0 Å². The maximum Gasteiger partial charge on any atom is 0.303 e. The van der Waals surface area contributed by atoms with Gasteiger partial charge in [0.2, 0.25) is 30.0 Å².